The number of hydrogen-bond acceptors (Lipinski definition) is 1. The Morgan fingerprint density at radius 3 is 2.45 bits per heavy atom. The summed E-state index contributed by atoms with van der Waals surface area (Å²) in [6.07, 6.45) is 0. The fourth-order valence-corrected chi connectivity index (χ4v) is 3.08. The van der Waals surface area contributed by atoms with E-state index >= 15 is 0 Å². The molecule has 0 heterocycles. The van der Waals surface area contributed by atoms with E-state index in [0.717, 1.165) is 5.69 Å². The van der Waals surface area contributed by atoms with Crippen molar-refractivity contribution in [2.45, 2.75) is 26.8 Å². The van der Waals surface area contributed by atoms with Gasteiger partial charge in [-0.2, -0.15) is 0 Å². The van der Waals surface area contributed by atoms with E-state index in [1.165, 1.54) is 16.7 Å². The number of anilines is 1. The molecule has 0 fully saturated rings. The van der Waals surface area contributed by atoms with Crippen molar-refractivity contribution in [3.05, 3.63) is 63.1 Å². The van der Waals surface area contributed by atoms with E-state index in [9.17, 15) is 0 Å². The number of aryl methyl sites for hydroxylation is 2. The Labute approximate surface area is 146 Å². The van der Waals surface area contributed by atoms with Gasteiger partial charge in [0, 0.05) is 5.02 Å². The Morgan fingerprint density at radius 2 is 1.82 bits per heavy atom. The highest BCUT2D eigenvalue weighted by molar-refractivity contribution is 7.80. The van der Waals surface area contributed by atoms with Gasteiger partial charge in [0.2, 0.25) is 0 Å². The molecular weight excluding hydrogens is 335 g/mol. The van der Waals surface area contributed by atoms with Crippen LogP contribution in [0.1, 0.15) is 29.7 Å². The normalized spacial score (nSPS) is 11.9. The number of hydrogen-bond donors (Lipinski definition) is 2. The number of halogens is 2. The summed E-state index contributed by atoms with van der Waals surface area (Å²) in [6, 6.07) is 11.8. The molecule has 0 bridgehead atoms. The zero-order chi connectivity index (χ0) is 16.3. The minimum absolute atomic E-state index is 0.103. The summed E-state index contributed by atoms with van der Waals surface area (Å²) in [7, 11) is 0. The molecule has 0 aliphatic heterocycles. The Morgan fingerprint density at radius 1 is 1.09 bits per heavy atom. The summed E-state index contributed by atoms with van der Waals surface area (Å²) in [4.78, 5) is 0. The Bertz CT molecular complexity index is 701. The molecule has 5 heteroatoms. The van der Waals surface area contributed by atoms with E-state index in [4.69, 9.17) is 35.4 Å². The van der Waals surface area contributed by atoms with Crippen LogP contribution in [0, 0.1) is 13.8 Å². The Balaban J connectivity index is 2.05. The SMILES string of the molecule is Cc1ccc(C(C)NC(=S)Nc2ccc(Cl)cc2Cl)c(C)c1. The van der Waals surface area contributed by atoms with Crippen molar-refractivity contribution in [3.8, 4) is 0 Å². The van der Waals surface area contributed by atoms with Crippen molar-refractivity contribution >= 4 is 46.2 Å². The third-order valence-electron chi connectivity index (χ3n) is 3.42. The van der Waals surface area contributed by atoms with Gasteiger partial charge < -0.3 is 10.6 Å². The fraction of sp³-hybridized carbons (Fsp3) is 0.235. The molecule has 2 aromatic rings. The number of rotatable bonds is 3. The maximum absolute atomic E-state index is 6.14. The lowest BCUT2D eigenvalue weighted by Crippen LogP contribution is -2.31. The van der Waals surface area contributed by atoms with Crippen molar-refractivity contribution < 1.29 is 0 Å². The van der Waals surface area contributed by atoms with Crippen LogP contribution < -0.4 is 10.6 Å². The summed E-state index contributed by atoms with van der Waals surface area (Å²) in [5.41, 5.74) is 4.45. The zero-order valence-corrected chi connectivity index (χ0v) is 15.0. The molecule has 0 aliphatic rings. The lowest BCUT2D eigenvalue weighted by atomic mass is 10.0. The highest BCUT2D eigenvalue weighted by Gasteiger charge is 2.11. The van der Waals surface area contributed by atoms with Gasteiger partial charge in [-0.15, -0.1) is 0 Å². The van der Waals surface area contributed by atoms with Gasteiger partial charge >= 0.3 is 0 Å². The van der Waals surface area contributed by atoms with Crippen molar-refractivity contribution in [2.24, 2.45) is 0 Å². The van der Waals surface area contributed by atoms with Crippen molar-refractivity contribution in [2.75, 3.05) is 5.32 Å². The second kappa shape index (κ2) is 7.32. The number of benzene rings is 2. The highest BCUT2D eigenvalue weighted by atomic mass is 35.5. The first kappa shape index (κ1) is 17.1. The van der Waals surface area contributed by atoms with Crippen molar-refractivity contribution in [3.63, 3.8) is 0 Å². The van der Waals surface area contributed by atoms with Crippen LogP contribution in [0.15, 0.2) is 36.4 Å². The molecule has 1 unspecified atom stereocenters. The van der Waals surface area contributed by atoms with E-state index < -0.39 is 0 Å². The molecule has 0 aliphatic carbocycles. The van der Waals surface area contributed by atoms with Crippen molar-refractivity contribution in [1.82, 2.24) is 5.32 Å². The van der Waals surface area contributed by atoms with Gasteiger partial charge in [0.1, 0.15) is 0 Å². The monoisotopic (exact) mass is 352 g/mol. The molecule has 0 radical (unpaired) electrons. The first-order valence-electron chi connectivity index (χ1n) is 6.96. The summed E-state index contributed by atoms with van der Waals surface area (Å²) in [6.45, 7) is 6.27. The average Bonchev–Trinajstić information content (AvgIpc) is 2.41. The highest BCUT2D eigenvalue weighted by Crippen LogP contribution is 2.25. The summed E-state index contributed by atoms with van der Waals surface area (Å²) >= 11 is 17.4. The molecule has 2 N–H and O–H groups in total. The van der Waals surface area contributed by atoms with Gasteiger partial charge in [0.05, 0.1) is 16.8 Å². The lowest BCUT2D eigenvalue weighted by molar-refractivity contribution is 0.717. The molecule has 0 saturated heterocycles. The molecule has 22 heavy (non-hydrogen) atoms. The minimum atomic E-state index is 0.103. The summed E-state index contributed by atoms with van der Waals surface area (Å²) in [5, 5.41) is 8.03. The standard InChI is InChI=1S/C17H18Cl2N2S/c1-10-4-6-14(11(2)8-10)12(3)20-17(22)21-16-7-5-13(18)9-15(16)19/h4-9,12H,1-3H3,(H2,20,21,22). The molecular formula is C17H18Cl2N2S. The fourth-order valence-electron chi connectivity index (χ4n) is 2.34. The topological polar surface area (TPSA) is 24.1 Å². The maximum Gasteiger partial charge on any atom is 0.171 e. The van der Waals surface area contributed by atoms with E-state index in [1.807, 2.05) is 0 Å². The van der Waals surface area contributed by atoms with Gasteiger partial charge in [-0.05, 0) is 62.3 Å². The van der Waals surface area contributed by atoms with E-state index in [0.29, 0.717) is 15.2 Å². The Kier molecular flexibility index (Phi) is 5.68. The van der Waals surface area contributed by atoms with E-state index in [2.05, 4.69) is 49.6 Å². The second-order valence-electron chi connectivity index (χ2n) is 5.30. The smallest absolute Gasteiger partial charge is 0.171 e. The lowest BCUT2D eigenvalue weighted by Gasteiger charge is -2.20. The van der Waals surface area contributed by atoms with Crippen LogP contribution in [0.4, 0.5) is 5.69 Å². The molecule has 0 saturated carbocycles. The second-order valence-corrected chi connectivity index (χ2v) is 6.56. The van der Waals surface area contributed by atoms with Crippen molar-refractivity contribution in [1.29, 1.82) is 0 Å². The van der Waals surface area contributed by atoms with E-state index in [1.54, 1.807) is 18.2 Å². The average molecular weight is 353 g/mol. The van der Waals surface area contributed by atoms with Gasteiger partial charge in [0.15, 0.2) is 5.11 Å². The number of nitrogens with one attached hydrogen (secondary N) is 2. The maximum atomic E-state index is 6.14. The molecule has 0 amide bonds. The van der Waals surface area contributed by atoms with Crippen LogP contribution in [0.5, 0.6) is 0 Å². The first-order valence-corrected chi connectivity index (χ1v) is 8.13. The number of thiocarbonyl (C=S) groups is 1. The third kappa shape index (κ3) is 4.35. The molecule has 116 valence electrons. The van der Waals surface area contributed by atoms with Crippen LogP contribution in [0.25, 0.3) is 0 Å². The molecule has 2 nitrogen and oxygen atoms in total. The largest absolute Gasteiger partial charge is 0.356 e. The summed E-state index contributed by atoms with van der Waals surface area (Å²) in [5.74, 6) is 0. The molecule has 0 aromatic heterocycles. The minimum Gasteiger partial charge on any atom is -0.356 e. The van der Waals surface area contributed by atoms with Crippen LogP contribution >= 0.6 is 35.4 Å². The predicted molar refractivity (Wildman–Crippen MR) is 100 cm³/mol. The van der Waals surface area contributed by atoms with Crippen LogP contribution in [0.2, 0.25) is 10.0 Å². The molecule has 1 atom stereocenters. The van der Waals surface area contributed by atoms with Gasteiger partial charge in [-0.25, -0.2) is 0 Å². The molecule has 2 aromatic carbocycles. The van der Waals surface area contributed by atoms with Crippen LogP contribution in [-0.2, 0) is 0 Å². The van der Waals surface area contributed by atoms with E-state index in [-0.39, 0.29) is 6.04 Å². The predicted octanol–water partition coefficient (Wildman–Crippen LogP) is 5.66. The molecule has 0 spiro atoms. The third-order valence-corrected chi connectivity index (χ3v) is 4.19. The van der Waals surface area contributed by atoms with Crippen LogP contribution in [0.3, 0.4) is 0 Å². The zero-order valence-electron chi connectivity index (χ0n) is 12.7. The Hall–Kier alpha value is -1.29. The molecule has 2 rings (SSSR count). The first-order chi connectivity index (χ1) is 10.4. The quantitative estimate of drug-likeness (QED) is 0.697. The summed E-state index contributed by atoms with van der Waals surface area (Å²) < 4.78 is 0. The van der Waals surface area contributed by atoms with Gasteiger partial charge in [0.25, 0.3) is 0 Å². The van der Waals surface area contributed by atoms with Gasteiger partial charge in [-0.3, -0.25) is 0 Å². The van der Waals surface area contributed by atoms with Gasteiger partial charge in [-0.1, -0.05) is 47.0 Å². The van der Waals surface area contributed by atoms with Crippen LogP contribution in [-0.4, -0.2) is 5.11 Å².